The molecule has 5 heteroatoms. The van der Waals surface area contributed by atoms with E-state index in [0.29, 0.717) is 15.7 Å². The van der Waals surface area contributed by atoms with Crippen LogP contribution in [0.1, 0.15) is 24.6 Å². The van der Waals surface area contributed by atoms with Gasteiger partial charge in [-0.3, -0.25) is 4.98 Å². The average molecular weight is 259 g/mol. The quantitative estimate of drug-likeness (QED) is 0.887. The van der Waals surface area contributed by atoms with E-state index in [0.717, 1.165) is 25.0 Å². The first kappa shape index (κ1) is 11.7. The molecular weight excluding hydrogens is 247 g/mol. The molecule has 0 saturated carbocycles. The van der Waals surface area contributed by atoms with E-state index in [2.05, 4.69) is 4.98 Å². The van der Waals surface area contributed by atoms with Gasteiger partial charge in [-0.2, -0.15) is 0 Å². The van der Waals surface area contributed by atoms with Crippen LogP contribution in [0.15, 0.2) is 24.1 Å². The molecular formula is C11H12Cl2N2O. The Bertz CT molecular complexity index is 420. The van der Waals surface area contributed by atoms with Gasteiger partial charge in [0.05, 0.1) is 34.6 Å². The minimum absolute atomic E-state index is 0.315. The van der Waals surface area contributed by atoms with Crippen molar-refractivity contribution in [1.29, 1.82) is 0 Å². The molecule has 0 bridgehead atoms. The number of ether oxygens (including phenoxy) is 1. The molecule has 16 heavy (non-hydrogen) atoms. The summed E-state index contributed by atoms with van der Waals surface area (Å²) in [6.07, 6.45) is 5.15. The molecule has 1 aliphatic heterocycles. The number of aromatic nitrogens is 1. The lowest BCUT2D eigenvalue weighted by atomic mass is 10.00. The maximum Gasteiger partial charge on any atom is 0.0876 e. The van der Waals surface area contributed by atoms with Crippen molar-refractivity contribution >= 4 is 23.2 Å². The van der Waals surface area contributed by atoms with Crippen molar-refractivity contribution in [1.82, 2.24) is 4.98 Å². The monoisotopic (exact) mass is 258 g/mol. The van der Waals surface area contributed by atoms with Crippen LogP contribution < -0.4 is 5.73 Å². The number of nitrogens with zero attached hydrogens (tertiary/aromatic N) is 1. The normalized spacial score (nSPS) is 17.6. The van der Waals surface area contributed by atoms with Gasteiger partial charge in [-0.1, -0.05) is 23.2 Å². The highest BCUT2D eigenvalue weighted by Crippen LogP contribution is 2.29. The molecule has 1 atom stereocenters. The van der Waals surface area contributed by atoms with E-state index < -0.39 is 0 Å². The van der Waals surface area contributed by atoms with Crippen LogP contribution >= 0.6 is 23.2 Å². The molecule has 0 saturated heterocycles. The largest absolute Gasteiger partial charge is 0.501 e. The van der Waals surface area contributed by atoms with Crippen LogP contribution in [-0.4, -0.2) is 11.6 Å². The van der Waals surface area contributed by atoms with Crippen LogP contribution in [0.2, 0.25) is 10.0 Å². The molecule has 0 aliphatic carbocycles. The minimum Gasteiger partial charge on any atom is -0.501 e. The lowest BCUT2D eigenvalue weighted by Crippen LogP contribution is -2.18. The topological polar surface area (TPSA) is 48.1 Å². The third-order valence-corrected chi connectivity index (χ3v) is 3.00. The van der Waals surface area contributed by atoms with Crippen molar-refractivity contribution in [2.24, 2.45) is 5.73 Å². The zero-order valence-corrected chi connectivity index (χ0v) is 10.1. The van der Waals surface area contributed by atoms with Gasteiger partial charge in [0.15, 0.2) is 0 Å². The predicted octanol–water partition coefficient (Wildman–Crippen LogP) is 3.08. The molecule has 0 radical (unpaired) electrons. The summed E-state index contributed by atoms with van der Waals surface area (Å²) in [7, 11) is 0. The fourth-order valence-electron chi connectivity index (χ4n) is 1.64. The molecule has 0 fully saturated rings. The number of nitrogens with two attached hydrogens (primary N) is 1. The van der Waals surface area contributed by atoms with E-state index in [4.69, 9.17) is 33.7 Å². The Labute approximate surface area is 104 Å². The standard InChI is InChI=1S/C11H12Cl2N2O/c12-8-4-9(13)11(15-5-8)10(14)7-2-1-3-16-6-7/h4-6,10H,1-3,14H2. The zero-order valence-electron chi connectivity index (χ0n) is 8.62. The number of halogens is 2. The van der Waals surface area contributed by atoms with Gasteiger partial charge in [0.1, 0.15) is 0 Å². The summed E-state index contributed by atoms with van der Waals surface area (Å²) in [4.78, 5) is 4.17. The smallest absolute Gasteiger partial charge is 0.0876 e. The minimum atomic E-state index is -0.315. The Morgan fingerprint density at radius 2 is 2.25 bits per heavy atom. The molecule has 1 unspecified atom stereocenters. The summed E-state index contributed by atoms with van der Waals surface area (Å²) in [6, 6.07) is 1.33. The number of hydrogen-bond acceptors (Lipinski definition) is 3. The number of pyridine rings is 1. The van der Waals surface area contributed by atoms with E-state index in [1.165, 1.54) is 0 Å². The van der Waals surface area contributed by atoms with Gasteiger partial charge in [-0.05, 0) is 24.5 Å². The van der Waals surface area contributed by atoms with Gasteiger partial charge in [-0.15, -0.1) is 0 Å². The first-order valence-electron chi connectivity index (χ1n) is 5.05. The van der Waals surface area contributed by atoms with Crippen LogP contribution in [0.3, 0.4) is 0 Å². The van der Waals surface area contributed by atoms with E-state index in [1.54, 1.807) is 18.5 Å². The van der Waals surface area contributed by atoms with Crippen molar-refractivity contribution in [3.05, 3.63) is 39.8 Å². The fourth-order valence-corrected chi connectivity index (χ4v) is 2.14. The van der Waals surface area contributed by atoms with Crippen LogP contribution in [-0.2, 0) is 4.74 Å². The predicted molar refractivity (Wildman–Crippen MR) is 64.5 cm³/mol. The van der Waals surface area contributed by atoms with Gasteiger partial charge >= 0.3 is 0 Å². The molecule has 0 spiro atoms. The second-order valence-corrected chi connectivity index (χ2v) is 4.51. The Kier molecular flexibility index (Phi) is 3.69. The van der Waals surface area contributed by atoms with Crippen LogP contribution in [0.4, 0.5) is 0 Å². The first-order chi connectivity index (χ1) is 7.68. The maximum absolute atomic E-state index is 6.08. The fraction of sp³-hybridized carbons (Fsp3) is 0.364. The third-order valence-electron chi connectivity index (χ3n) is 2.49. The summed E-state index contributed by atoms with van der Waals surface area (Å²) in [5.41, 5.74) is 7.74. The highest BCUT2D eigenvalue weighted by Gasteiger charge is 2.18. The average Bonchev–Trinajstić information content (AvgIpc) is 2.29. The van der Waals surface area contributed by atoms with Crippen molar-refractivity contribution in [2.45, 2.75) is 18.9 Å². The Morgan fingerprint density at radius 3 is 2.88 bits per heavy atom. The van der Waals surface area contributed by atoms with Crippen LogP contribution in [0, 0.1) is 0 Å². The Hall–Kier alpha value is -0.770. The maximum atomic E-state index is 6.08. The lowest BCUT2D eigenvalue weighted by molar-refractivity contribution is 0.221. The van der Waals surface area contributed by atoms with Gasteiger partial charge in [-0.25, -0.2) is 0 Å². The van der Waals surface area contributed by atoms with E-state index in [1.807, 2.05) is 0 Å². The van der Waals surface area contributed by atoms with Crippen LogP contribution in [0.25, 0.3) is 0 Å². The molecule has 2 rings (SSSR count). The lowest BCUT2D eigenvalue weighted by Gasteiger charge is -2.20. The second-order valence-electron chi connectivity index (χ2n) is 3.67. The molecule has 86 valence electrons. The third kappa shape index (κ3) is 2.48. The highest BCUT2D eigenvalue weighted by atomic mass is 35.5. The highest BCUT2D eigenvalue weighted by molar-refractivity contribution is 6.34. The molecule has 0 aromatic carbocycles. The summed E-state index contributed by atoms with van der Waals surface area (Å²) in [5, 5.41) is 1.00. The van der Waals surface area contributed by atoms with Crippen molar-refractivity contribution in [3.8, 4) is 0 Å². The van der Waals surface area contributed by atoms with Gasteiger partial charge < -0.3 is 10.5 Å². The van der Waals surface area contributed by atoms with Gasteiger partial charge in [0, 0.05) is 6.20 Å². The number of hydrogen-bond donors (Lipinski definition) is 1. The summed E-state index contributed by atoms with van der Waals surface area (Å²) in [5.74, 6) is 0. The molecule has 2 heterocycles. The van der Waals surface area contributed by atoms with Crippen molar-refractivity contribution in [2.75, 3.05) is 6.61 Å². The van der Waals surface area contributed by atoms with E-state index in [-0.39, 0.29) is 6.04 Å². The molecule has 1 aromatic rings. The molecule has 2 N–H and O–H groups in total. The first-order valence-corrected chi connectivity index (χ1v) is 5.81. The van der Waals surface area contributed by atoms with E-state index >= 15 is 0 Å². The molecule has 1 aromatic heterocycles. The van der Waals surface area contributed by atoms with Crippen LogP contribution in [0.5, 0.6) is 0 Å². The summed E-state index contributed by atoms with van der Waals surface area (Å²) in [6.45, 7) is 0.748. The molecule has 0 amide bonds. The summed E-state index contributed by atoms with van der Waals surface area (Å²) >= 11 is 11.8. The zero-order chi connectivity index (χ0) is 11.5. The Balaban J connectivity index is 2.26. The Morgan fingerprint density at radius 1 is 1.44 bits per heavy atom. The summed E-state index contributed by atoms with van der Waals surface area (Å²) < 4.78 is 5.25. The van der Waals surface area contributed by atoms with Gasteiger partial charge in [0.2, 0.25) is 0 Å². The SMILES string of the molecule is NC(C1=COCCC1)c1ncc(Cl)cc1Cl. The van der Waals surface area contributed by atoms with Crippen molar-refractivity contribution in [3.63, 3.8) is 0 Å². The molecule has 3 nitrogen and oxygen atoms in total. The molecule has 1 aliphatic rings. The second kappa shape index (κ2) is 5.04. The number of rotatable bonds is 2. The van der Waals surface area contributed by atoms with Gasteiger partial charge in [0.25, 0.3) is 0 Å². The van der Waals surface area contributed by atoms with E-state index in [9.17, 15) is 0 Å². The van der Waals surface area contributed by atoms with Crippen molar-refractivity contribution < 1.29 is 4.74 Å².